The summed E-state index contributed by atoms with van der Waals surface area (Å²) < 4.78 is 37.0. The van der Waals surface area contributed by atoms with E-state index in [1.165, 1.54) is 4.90 Å². The molecule has 1 aliphatic heterocycles. The van der Waals surface area contributed by atoms with E-state index in [1.807, 2.05) is 0 Å². The molecule has 0 saturated carbocycles. The highest BCUT2D eigenvalue weighted by molar-refractivity contribution is 5.94. The molecule has 19 heavy (non-hydrogen) atoms. The van der Waals surface area contributed by atoms with Gasteiger partial charge in [0.25, 0.3) is 5.91 Å². The third-order valence-corrected chi connectivity index (χ3v) is 3.04. The number of aromatic nitrogens is 1. The minimum absolute atomic E-state index is 0.0886. The quantitative estimate of drug-likeness (QED) is 0.848. The number of amides is 1. The fourth-order valence-electron chi connectivity index (χ4n) is 1.99. The third-order valence-electron chi connectivity index (χ3n) is 3.04. The number of hydrogen-bond acceptors (Lipinski definition) is 3. The smallest absolute Gasteiger partial charge is 0.388 e. The summed E-state index contributed by atoms with van der Waals surface area (Å²) >= 11 is 0. The topological polar surface area (TPSA) is 53.4 Å². The van der Waals surface area contributed by atoms with Crippen LogP contribution < -0.4 is 0 Å². The SMILES string of the molecule is CC1(O)CCN(C(=O)c2ccc(C(F)(F)F)nc2)C1. The summed E-state index contributed by atoms with van der Waals surface area (Å²) in [5, 5.41) is 9.75. The number of β-amino-alcohol motifs (C(OH)–C–C–N with tert-alkyl or cyclic N) is 1. The molecule has 2 heterocycles. The molecule has 0 bridgehead atoms. The van der Waals surface area contributed by atoms with Crippen molar-refractivity contribution in [1.29, 1.82) is 0 Å². The lowest BCUT2D eigenvalue weighted by atomic mass is 10.1. The molecule has 7 heteroatoms. The number of carbonyl (C=O) groups is 1. The van der Waals surface area contributed by atoms with Crippen molar-refractivity contribution in [1.82, 2.24) is 9.88 Å². The van der Waals surface area contributed by atoms with E-state index >= 15 is 0 Å². The van der Waals surface area contributed by atoms with Crippen LogP contribution in [0, 0.1) is 0 Å². The van der Waals surface area contributed by atoms with Crippen molar-refractivity contribution in [3.8, 4) is 0 Å². The first kappa shape index (κ1) is 13.8. The molecule has 1 atom stereocenters. The fraction of sp³-hybridized carbons (Fsp3) is 0.500. The molecular weight excluding hydrogens is 261 g/mol. The number of likely N-dealkylation sites (tertiary alicyclic amines) is 1. The zero-order valence-corrected chi connectivity index (χ0v) is 10.2. The van der Waals surface area contributed by atoms with E-state index in [0.29, 0.717) is 13.0 Å². The molecule has 104 valence electrons. The van der Waals surface area contributed by atoms with Gasteiger partial charge in [0, 0.05) is 19.3 Å². The van der Waals surface area contributed by atoms with Crippen LogP contribution in [0.3, 0.4) is 0 Å². The van der Waals surface area contributed by atoms with Gasteiger partial charge in [0.2, 0.25) is 0 Å². The number of nitrogens with zero attached hydrogens (tertiary/aromatic N) is 2. The van der Waals surface area contributed by atoms with Gasteiger partial charge in [-0.05, 0) is 25.5 Å². The molecule has 1 amide bonds. The van der Waals surface area contributed by atoms with Crippen molar-refractivity contribution in [2.45, 2.75) is 25.1 Å². The molecule has 1 saturated heterocycles. The first-order valence-electron chi connectivity index (χ1n) is 5.74. The van der Waals surface area contributed by atoms with E-state index in [1.54, 1.807) is 6.92 Å². The molecule has 1 aromatic rings. The summed E-state index contributed by atoms with van der Waals surface area (Å²) in [7, 11) is 0. The average Bonchev–Trinajstić information content (AvgIpc) is 2.68. The number of carbonyl (C=O) groups excluding carboxylic acids is 1. The Hall–Kier alpha value is -1.63. The van der Waals surface area contributed by atoms with Crippen LogP contribution in [0.25, 0.3) is 0 Å². The number of aliphatic hydroxyl groups is 1. The van der Waals surface area contributed by atoms with Gasteiger partial charge in [0.05, 0.1) is 11.2 Å². The van der Waals surface area contributed by atoms with Gasteiger partial charge in [-0.3, -0.25) is 9.78 Å². The lowest BCUT2D eigenvalue weighted by Crippen LogP contribution is -2.34. The molecule has 0 aliphatic carbocycles. The van der Waals surface area contributed by atoms with Crippen molar-refractivity contribution in [3.05, 3.63) is 29.6 Å². The molecular formula is C12H13F3N2O2. The van der Waals surface area contributed by atoms with Gasteiger partial charge >= 0.3 is 6.18 Å². The summed E-state index contributed by atoms with van der Waals surface area (Å²) in [6.45, 7) is 2.17. The Bertz CT molecular complexity index is 483. The Morgan fingerprint density at radius 3 is 2.58 bits per heavy atom. The number of pyridine rings is 1. The van der Waals surface area contributed by atoms with E-state index in [0.717, 1.165) is 18.3 Å². The van der Waals surface area contributed by atoms with Gasteiger partial charge in [0.15, 0.2) is 0 Å². The molecule has 1 aliphatic rings. The highest BCUT2D eigenvalue weighted by Crippen LogP contribution is 2.28. The van der Waals surface area contributed by atoms with Gasteiger partial charge in [0.1, 0.15) is 5.69 Å². The van der Waals surface area contributed by atoms with Crippen LogP contribution >= 0.6 is 0 Å². The Morgan fingerprint density at radius 1 is 1.47 bits per heavy atom. The zero-order valence-electron chi connectivity index (χ0n) is 10.2. The van der Waals surface area contributed by atoms with Crippen molar-refractivity contribution >= 4 is 5.91 Å². The molecule has 4 nitrogen and oxygen atoms in total. The summed E-state index contributed by atoms with van der Waals surface area (Å²) in [5.41, 5.74) is -1.88. The van der Waals surface area contributed by atoms with Crippen LogP contribution in [0.15, 0.2) is 18.3 Å². The number of hydrogen-bond donors (Lipinski definition) is 1. The van der Waals surface area contributed by atoms with Crippen LogP contribution in [0.1, 0.15) is 29.4 Å². The molecule has 0 radical (unpaired) electrons. The van der Waals surface area contributed by atoms with Crippen molar-refractivity contribution in [2.75, 3.05) is 13.1 Å². The van der Waals surface area contributed by atoms with Gasteiger partial charge in [-0.25, -0.2) is 0 Å². The van der Waals surface area contributed by atoms with E-state index in [9.17, 15) is 23.1 Å². The minimum atomic E-state index is -4.51. The van der Waals surface area contributed by atoms with E-state index in [-0.39, 0.29) is 12.1 Å². The first-order chi connectivity index (χ1) is 8.69. The van der Waals surface area contributed by atoms with Crippen LogP contribution in [-0.4, -0.2) is 39.6 Å². The molecule has 0 spiro atoms. The van der Waals surface area contributed by atoms with Crippen molar-refractivity contribution < 1.29 is 23.1 Å². The predicted octanol–water partition coefficient (Wildman–Crippen LogP) is 1.70. The van der Waals surface area contributed by atoms with E-state index in [4.69, 9.17) is 0 Å². The Labute approximate surface area is 107 Å². The number of halogens is 3. The van der Waals surface area contributed by atoms with E-state index in [2.05, 4.69) is 4.98 Å². The zero-order chi connectivity index (χ0) is 14.3. The molecule has 1 aromatic heterocycles. The number of rotatable bonds is 1. The first-order valence-corrected chi connectivity index (χ1v) is 5.74. The summed E-state index contributed by atoms with van der Waals surface area (Å²) in [6, 6.07) is 1.88. The lowest BCUT2D eigenvalue weighted by Gasteiger charge is -2.19. The second-order valence-electron chi connectivity index (χ2n) is 4.90. The molecule has 1 N–H and O–H groups in total. The summed E-state index contributed by atoms with van der Waals surface area (Å²) in [4.78, 5) is 16.6. The van der Waals surface area contributed by atoms with Crippen molar-refractivity contribution in [2.24, 2.45) is 0 Å². The standard InChI is InChI=1S/C12H13F3N2O2/c1-11(19)4-5-17(7-11)10(18)8-2-3-9(16-6-8)12(13,14)15/h2-3,6,19H,4-5,7H2,1H3. The second kappa shape index (κ2) is 4.48. The van der Waals surface area contributed by atoms with Gasteiger partial charge < -0.3 is 10.0 Å². The maximum atomic E-state index is 12.3. The summed E-state index contributed by atoms with van der Waals surface area (Å²) in [6.07, 6.45) is -3.15. The monoisotopic (exact) mass is 274 g/mol. The Balaban J connectivity index is 2.13. The second-order valence-corrected chi connectivity index (χ2v) is 4.90. The van der Waals surface area contributed by atoms with Crippen LogP contribution in [-0.2, 0) is 6.18 Å². The lowest BCUT2D eigenvalue weighted by molar-refractivity contribution is -0.141. The Kier molecular flexibility index (Phi) is 3.25. The largest absolute Gasteiger partial charge is 0.433 e. The van der Waals surface area contributed by atoms with Gasteiger partial charge in [-0.15, -0.1) is 0 Å². The fourth-order valence-corrected chi connectivity index (χ4v) is 1.99. The normalized spacial score (nSPS) is 23.7. The Morgan fingerprint density at radius 2 is 2.16 bits per heavy atom. The van der Waals surface area contributed by atoms with Crippen LogP contribution in [0.5, 0.6) is 0 Å². The van der Waals surface area contributed by atoms with Gasteiger partial charge in [-0.2, -0.15) is 13.2 Å². The highest BCUT2D eigenvalue weighted by atomic mass is 19.4. The van der Waals surface area contributed by atoms with Crippen LogP contribution in [0.4, 0.5) is 13.2 Å². The van der Waals surface area contributed by atoms with Crippen molar-refractivity contribution in [3.63, 3.8) is 0 Å². The summed E-state index contributed by atoms with van der Waals surface area (Å²) in [5.74, 6) is -0.418. The molecule has 2 rings (SSSR count). The predicted molar refractivity (Wildman–Crippen MR) is 60.4 cm³/mol. The maximum Gasteiger partial charge on any atom is 0.433 e. The average molecular weight is 274 g/mol. The van der Waals surface area contributed by atoms with Crippen LogP contribution in [0.2, 0.25) is 0 Å². The molecule has 0 aromatic carbocycles. The molecule has 1 unspecified atom stereocenters. The van der Waals surface area contributed by atoms with Gasteiger partial charge in [-0.1, -0.05) is 0 Å². The van der Waals surface area contributed by atoms with E-state index < -0.39 is 23.4 Å². The third kappa shape index (κ3) is 3.04. The number of alkyl halides is 3. The molecule has 1 fully saturated rings. The maximum absolute atomic E-state index is 12.3. The highest BCUT2D eigenvalue weighted by Gasteiger charge is 2.35. The minimum Gasteiger partial charge on any atom is -0.388 e.